The van der Waals surface area contributed by atoms with Gasteiger partial charge in [0.15, 0.2) is 0 Å². The van der Waals surface area contributed by atoms with E-state index in [1.165, 1.54) is 17.5 Å². The predicted molar refractivity (Wildman–Crippen MR) is 128 cm³/mol. The van der Waals surface area contributed by atoms with Crippen molar-refractivity contribution < 1.29 is 9.53 Å². The van der Waals surface area contributed by atoms with E-state index in [4.69, 9.17) is 4.74 Å². The third kappa shape index (κ3) is 4.49. The Hall–Kier alpha value is -1.43. The summed E-state index contributed by atoms with van der Waals surface area (Å²) < 4.78 is 5.59. The lowest BCUT2D eigenvalue weighted by Crippen LogP contribution is -2.62. The molecule has 5 rings (SSSR count). The second-order valence-corrected chi connectivity index (χ2v) is 11.0. The Kier molecular flexibility index (Phi) is 6.34. The Balaban J connectivity index is 1.31. The van der Waals surface area contributed by atoms with Gasteiger partial charge in [-0.15, -0.1) is 0 Å². The number of amides is 1. The van der Waals surface area contributed by atoms with Crippen molar-refractivity contribution in [2.45, 2.75) is 70.4 Å². The minimum Gasteiger partial charge on any atom is -0.379 e. The van der Waals surface area contributed by atoms with Crippen molar-refractivity contribution in [1.29, 1.82) is 0 Å². The molecule has 0 radical (unpaired) electrons. The van der Waals surface area contributed by atoms with Crippen molar-refractivity contribution in [1.82, 2.24) is 15.1 Å². The molecule has 1 amide bonds. The van der Waals surface area contributed by atoms with Gasteiger partial charge in [0.25, 0.3) is 0 Å². The highest BCUT2D eigenvalue weighted by Gasteiger charge is 2.55. The number of hydrogen-bond acceptors (Lipinski definition) is 4. The Morgan fingerprint density at radius 2 is 1.97 bits per heavy atom. The molecular weight excluding hydrogens is 398 g/mol. The molecule has 2 saturated carbocycles. The highest BCUT2D eigenvalue weighted by molar-refractivity contribution is 5.84. The fraction of sp³-hybridized carbons (Fsp3) is 0.741. The van der Waals surface area contributed by atoms with Gasteiger partial charge in [-0.3, -0.25) is 9.69 Å². The molecule has 1 aromatic rings. The second kappa shape index (κ2) is 9.08. The number of nitrogens with one attached hydrogen (secondary N) is 1. The maximum atomic E-state index is 14.0. The quantitative estimate of drug-likeness (QED) is 0.738. The average Bonchev–Trinajstić information content (AvgIpc) is 3.57. The number of likely N-dealkylation sites (tertiary alicyclic amines) is 1. The summed E-state index contributed by atoms with van der Waals surface area (Å²) in [5.74, 6) is 0.855. The number of rotatable bonds is 6. The van der Waals surface area contributed by atoms with Crippen LogP contribution in [0.2, 0.25) is 0 Å². The molecule has 3 atom stereocenters. The van der Waals surface area contributed by atoms with Gasteiger partial charge in [0.2, 0.25) is 5.91 Å². The van der Waals surface area contributed by atoms with Crippen molar-refractivity contribution >= 4 is 5.91 Å². The molecule has 32 heavy (non-hydrogen) atoms. The number of nitrogens with zero attached hydrogens (tertiary/aromatic N) is 2. The van der Waals surface area contributed by atoms with Crippen molar-refractivity contribution in [2.75, 3.05) is 45.9 Å². The molecule has 0 spiro atoms. The topological polar surface area (TPSA) is 44.8 Å². The van der Waals surface area contributed by atoms with Crippen LogP contribution in [-0.4, -0.2) is 73.2 Å². The fourth-order valence-corrected chi connectivity index (χ4v) is 6.71. The van der Waals surface area contributed by atoms with E-state index in [9.17, 15) is 4.79 Å². The van der Waals surface area contributed by atoms with E-state index in [1.807, 2.05) is 0 Å². The molecule has 2 saturated heterocycles. The smallest absolute Gasteiger partial charge is 0.228 e. The number of aryl methyl sites for hydroxylation is 1. The minimum absolute atomic E-state index is 0.0142. The number of piperidine rings is 1. The van der Waals surface area contributed by atoms with E-state index in [2.05, 4.69) is 53.2 Å². The summed E-state index contributed by atoms with van der Waals surface area (Å²) in [5.41, 5.74) is 2.43. The summed E-state index contributed by atoms with van der Waals surface area (Å²) in [6.45, 7) is 11.3. The van der Waals surface area contributed by atoms with Crippen LogP contribution < -0.4 is 5.32 Å². The zero-order chi connectivity index (χ0) is 22.2. The summed E-state index contributed by atoms with van der Waals surface area (Å²) in [5, 5.41) is 3.63. The maximum absolute atomic E-state index is 14.0. The summed E-state index contributed by atoms with van der Waals surface area (Å²) >= 11 is 0. The van der Waals surface area contributed by atoms with Gasteiger partial charge in [-0.05, 0) is 76.4 Å². The number of fused-ring (bicyclic) bond motifs is 1. The lowest BCUT2D eigenvalue weighted by atomic mass is 9.60. The summed E-state index contributed by atoms with van der Waals surface area (Å²) in [6, 6.07) is 9.41. The molecule has 0 aromatic heterocycles. The Morgan fingerprint density at radius 1 is 1.16 bits per heavy atom. The molecule has 0 unspecified atom stereocenters. The van der Waals surface area contributed by atoms with E-state index >= 15 is 0 Å². The van der Waals surface area contributed by atoms with Gasteiger partial charge in [-0.2, -0.15) is 0 Å². The molecule has 2 aliphatic heterocycles. The van der Waals surface area contributed by atoms with Crippen molar-refractivity contribution in [3.63, 3.8) is 0 Å². The number of carbonyl (C=O) groups is 1. The zero-order valence-corrected chi connectivity index (χ0v) is 20.1. The van der Waals surface area contributed by atoms with Crippen LogP contribution in [0.5, 0.6) is 0 Å². The van der Waals surface area contributed by atoms with E-state index in [-0.39, 0.29) is 11.0 Å². The second-order valence-electron chi connectivity index (χ2n) is 11.0. The van der Waals surface area contributed by atoms with Crippen LogP contribution in [0.3, 0.4) is 0 Å². The highest BCUT2D eigenvalue weighted by atomic mass is 16.5. The van der Waals surface area contributed by atoms with Crippen LogP contribution >= 0.6 is 0 Å². The largest absolute Gasteiger partial charge is 0.379 e. The Morgan fingerprint density at radius 3 is 2.69 bits per heavy atom. The molecule has 176 valence electrons. The molecule has 1 aromatic carbocycles. The lowest BCUT2D eigenvalue weighted by Gasteiger charge is -2.53. The van der Waals surface area contributed by atoms with Crippen LogP contribution in [0.15, 0.2) is 24.3 Å². The zero-order valence-electron chi connectivity index (χ0n) is 20.1. The first-order chi connectivity index (χ1) is 15.5. The Labute approximate surface area is 193 Å². The first kappa shape index (κ1) is 22.4. The number of morpholine rings is 1. The van der Waals surface area contributed by atoms with Crippen molar-refractivity contribution in [3.05, 3.63) is 35.4 Å². The molecular formula is C27H41N3O2. The van der Waals surface area contributed by atoms with Crippen LogP contribution in [0.4, 0.5) is 0 Å². The van der Waals surface area contributed by atoms with Crippen LogP contribution in [0.25, 0.3) is 0 Å². The SMILES string of the molecule is CCN1CC[C@@H]2C[C@@H](N3CCOCC3)CC[C@@]2(C(=O)NC2(Cc3cccc(C)c3)CC2)C1. The standard InChI is InChI=1S/C27H41N3O2/c1-3-29-12-8-23-18-24(30-13-15-32-16-14-30)7-9-27(23,20-29)25(31)28-26(10-11-26)19-22-6-4-5-21(2)17-22/h4-6,17,23-24H,3,7-16,18-20H2,1-2H3,(H,28,31)/t23-,24+,27-/m1/s1. The van der Waals surface area contributed by atoms with Gasteiger partial charge in [-0.25, -0.2) is 0 Å². The summed E-state index contributed by atoms with van der Waals surface area (Å²) in [7, 11) is 0. The molecule has 4 fully saturated rings. The number of benzene rings is 1. The van der Waals surface area contributed by atoms with Crippen LogP contribution in [0.1, 0.15) is 56.6 Å². The molecule has 2 heterocycles. The van der Waals surface area contributed by atoms with Gasteiger partial charge in [0, 0.05) is 31.2 Å². The van der Waals surface area contributed by atoms with Crippen LogP contribution in [0, 0.1) is 18.3 Å². The van der Waals surface area contributed by atoms with Gasteiger partial charge in [0.1, 0.15) is 0 Å². The average molecular weight is 440 g/mol. The number of hydrogen-bond donors (Lipinski definition) is 1. The van der Waals surface area contributed by atoms with E-state index in [0.29, 0.717) is 17.9 Å². The number of carbonyl (C=O) groups excluding carboxylic acids is 1. The normalized spacial score (nSPS) is 32.8. The lowest BCUT2D eigenvalue weighted by molar-refractivity contribution is -0.146. The molecule has 5 nitrogen and oxygen atoms in total. The van der Waals surface area contributed by atoms with Gasteiger partial charge in [0.05, 0.1) is 18.6 Å². The molecule has 1 N–H and O–H groups in total. The van der Waals surface area contributed by atoms with Gasteiger partial charge >= 0.3 is 0 Å². The minimum atomic E-state index is -0.209. The summed E-state index contributed by atoms with van der Waals surface area (Å²) in [4.78, 5) is 19.2. The van der Waals surface area contributed by atoms with Crippen molar-refractivity contribution in [2.24, 2.45) is 11.3 Å². The molecule has 0 bridgehead atoms. The molecule has 2 aliphatic carbocycles. The predicted octanol–water partition coefficient (Wildman–Crippen LogP) is 3.40. The first-order valence-electron chi connectivity index (χ1n) is 12.9. The van der Waals surface area contributed by atoms with Crippen molar-refractivity contribution in [3.8, 4) is 0 Å². The molecule has 5 heteroatoms. The monoisotopic (exact) mass is 439 g/mol. The Bertz CT molecular complexity index is 817. The van der Waals surface area contributed by atoms with E-state index in [0.717, 1.165) is 84.5 Å². The van der Waals surface area contributed by atoms with Gasteiger partial charge in [-0.1, -0.05) is 36.8 Å². The maximum Gasteiger partial charge on any atom is 0.228 e. The summed E-state index contributed by atoms with van der Waals surface area (Å²) in [6.07, 6.45) is 7.70. The third-order valence-electron chi connectivity index (χ3n) is 8.88. The number of ether oxygens (including phenoxy) is 1. The first-order valence-corrected chi connectivity index (χ1v) is 12.9. The molecule has 4 aliphatic rings. The fourth-order valence-electron chi connectivity index (χ4n) is 6.71. The third-order valence-corrected chi connectivity index (χ3v) is 8.88. The highest BCUT2D eigenvalue weighted by Crippen LogP contribution is 2.49. The van der Waals surface area contributed by atoms with Gasteiger partial charge < -0.3 is 15.0 Å². The van der Waals surface area contributed by atoms with E-state index < -0.39 is 0 Å². The van der Waals surface area contributed by atoms with Crippen LogP contribution in [-0.2, 0) is 16.0 Å². The van der Waals surface area contributed by atoms with E-state index in [1.54, 1.807) is 0 Å².